The van der Waals surface area contributed by atoms with Crippen molar-refractivity contribution in [3.8, 4) is 5.75 Å². The molecule has 4 rings (SSSR count). The van der Waals surface area contributed by atoms with Gasteiger partial charge in [-0.1, -0.05) is 96.5 Å². The first-order valence-electron chi connectivity index (χ1n) is 12.9. The molecule has 3 aromatic carbocycles. The highest BCUT2D eigenvalue weighted by Crippen LogP contribution is 2.28. The summed E-state index contributed by atoms with van der Waals surface area (Å²) in [5, 5.41) is 4.57. The van der Waals surface area contributed by atoms with Crippen molar-refractivity contribution < 1.29 is 14.3 Å². The number of benzene rings is 3. The molecule has 1 atom stereocenters. The maximum atomic E-state index is 13.8. The first-order valence-corrected chi connectivity index (χ1v) is 14.0. The molecule has 3 aromatic rings. The van der Waals surface area contributed by atoms with Crippen molar-refractivity contribution in [3.63, 3.8) is 0 Å². The molecule has 8 heteroatoms. The molecule has 0 spiro atoms. The van der Waals surface area contributed by atoms with Crippen molar-refractivity contribution in [2.75, 3.05) is 6.61 Å². The van der Waals surface area contributed by atoms with E-state index in [-0.39, 0.29) is 31.0 Å². The lowest BCUT2D eigenvalue weighted by molar-refractivity contribution is -0.143. The number of halogens is 3. The number of carbonyl (C=O) groups is 2. The van der Waals surface area contributed by atoms with E-state index in [1.807, 2.05) is 30.3 Å². The molecule has 0 saturated heterocycles. The second-order valence-corrected chi connectivity index (χ2v) is 10.8. The maximum absolute atomic E-state index is 13.8. The summed E-state index contributed by atoms with van der Waals surface area (Å²) in [4.78, 5) is 29.1. The third-order valence-corrected chi connectivity index (χ3v) is 7.71. The van der Waals surface area contributed by atoms with E-state index in [1.165, 1.54) is 11.3 Å². The summed E-state index contributed by atoms with van der Waals surface area (Å²) in [7, 11) is 0. The summed E-state index contributed by atoms with van der Waals surface area (Å²) >= 11 is 19.1. The molecule has 1 N–H and O–H groups in total. The second-order valence-electron chi connectivity index (χ2n) is 9.52. The number of carbonyl (C=O) groups excluding carboxylic acids is 2. The molecule has 1 aliphatic carbocycles. The van der Waals surface area contributed by atoms with Crippen LogP contribution in [0.15, 0.2) is 72.8 Å². The Bertz CT molecular complexity index is 1210. The van der Waals surface area contributed by atoms with Gasteiger partial charge in [-0.25, -0.2) is 0 Å². The summed E-state index contributed by atoms with van der Waals surface area (Å²) in [5.41, 5.74) is 1.52. The highest BCUT2D eigenvalue weighted by atomic mass is 35.5. The number of amides is 2. The Balaban J connectivity index is 1.65. The van der Waals surface area contributed by atoms with Crippen molar-refractivity contribution in [2.24, 2.45) is 0 Å². The Morgan fingerprint density at radius 2 is 1.58 bits per heavy atom. The quantitative estimate of drug-likeness (QED) is 0.281. The van der Waals surface area contributed by atoms with Gasteiger partial charge in [-0.05, 0) is 48.7 Å². The number of ether oxygens (including phenoxy) is 1. The molecule has 5 nitrogen and oxygen atoms in total. The molecule has 2 amide bonds. The van der Waals surface area contributed by atoms with Gasteiger partial charge in [0.05, 0.1) is 0 Å². The van der Waals surface area contributed by atoms with Gasteiger partial charge in [0.25, 0.3) is 5.91 Å². The maximum Gasteiger partial charge on any atom is 0.261 e. The summed E-state index contributed by atoms with van der Waals surface area (Å²) in [6.07, 6.45) is 5.55. The molecular formula is C30H31Cl3N2O3. The van der Waals surface area contributed by atoms with Crippen LogP contribution >= 0.6 is 34.8 Å². The Kier molecular flexibility index (Phi) is 10.3. The van der Waals surface area contributed by atoms with Gasteiger partial charge >= 0.3 is 0 Å². The molecule has 38 heavy (non-hydrogen) atoms. The summed E-state index contributed by atoms with van der Waals surface area (Å²) in [6, 6.07) is 21.0. The van der Waals surface area contributed by atoms with Crippen molar-refractivity contribution in [2.45, 2.75) is 57.2 Å². The van der Waals surface area contributed by atoms with E-state index in [0.717, 1.165) is 31.2 Å². The van der Waals surface area contributed by atoms with Gasteiger partial charge in [0.15, 0.2) is 6.61 Å². The standard InChI is InChI=1S/C30H31Cl3N2O3/c31-22-11-7-14-24(18-22)38-20-29(36)35(19-25-26(32)15-8-16-27(25)33)28(17-21-9-3-1-4-10-21)30(37)34-23-12-5-2-6-13-23/h1,3-4,7-11,14-16,18,23,28H,2,5-6,12-13,17,19-20H2,(H,34,37). The number of hydrogen-bond acceptors (Lipinski definition) is 3. The summed E-state index contributed by atoms with van der Waals surface area (Å²) < 4.78 is 5.78. The molecule has 1 aliphatic rings. The zero-order valence-corrected chi connectivity index (χ0v) is 23.3. The molecule has 0 bridgehead atoms. The highest BCUT2D eigenvalue weighted by molar-refractivity contribution is 6.36. The van der Waals surface area contributed by atoms with Crippen LogP contribution in [0.25, 0.3) is 0 Å². The molecule has 0 aromatic heterocycles. The molecule has 1 unspecified atom stereocenters. The SMILES string of the molecule is O=C(NC1CCCCC1)C(Cc1ccccc1)N(Cc1c(Cl)cccc1Cl)C(=O)COc1cccc(Cl)c1. The molecule has 1 saturated carbocycles. The number of hydrogen-bond donors (Lipinski definition) is 1. The molecular weight excluding hydrogens is 543 g/mol. The van der Waals surface area contributed by atoms with Crippen molar-refractivity contribution in [1.82, 2.24) is 10.2 Å². The van der Waals surface area contributed by atoms with Gasteiger partial charge in [-0.2, -0.15) is 0 Å². The normalized spacial score (nSPS) is 14.5. The minimum absolute atomic E-state index is 0.0613. The third-order valence-electron chi connectivity index (χ3n) is 6.77. The Morgan fingerprint density at radius 1 is 0.895 bits per heavy atom. The summed E-state index contributed by atoms with van der Waals surface area (Å²) in [6.45, 7) is -0.212. The van der Waals surface area contributed by atoms with Crippen LogP contribution in [0, 0.1) is 0 Å². The van der Waals surface area contributed by atoms with Crippen LogP contribution < -0.4 is 10.1 Å². The van der Waals surface area contributed by atoms with Gasteiger partial charge in [0.2, 0.25) is 5.91 Å². The number of nitrogens with one attached hydrogen (secondary N) is 1. The van der Waals surface area contributed by atoms with E-state index in [1.54, 1.807) is 42.5 Å². The van der Waals surface area contributed by atoms with Crippen LogP contribution in [0.3, 0.4) is 0 Å². The van der Waals surface area contributed by atoms with Crippen LogP contribution in [0.2, 0.25) is 15.1 Å². The zero-order valence-electron chi connectivity index (χ0n) is 21.0. The lowest BCUT2D eigenvalue weighted by Gasteiger charge is -2.33. The van der Waals surface area contributed by atoms with E-state index in [4.69, 9.17) is 39.5 Å². The Morgan fingerprint density at radius 3 is 2.26 bits per heavy atom. The van der Waals surface area contributed by atoms with Crippen molar-refractivity contribution in [3.05, 3.63) is 99.0 Å². The topological polar surface area (TPSA) is 58.6 Å². The fourth-order valence-corrected chi connectivity index (χ4v) is 5.43. The minimum atomic E-state index is -0.790. The molecule has 0 aliphatic heterocycles. The predicted octanol–water partition coefficient (Wildman–Crippen LogP) is 7.11. The lowest BCUT2D eigenvalue weighted by Crippen LogP contribution is -2.53. The first-order chi connectivity index (χ1) is 18.4. The first kappa shape index (κ1) is 28.3. The largest absolute Gasteiger partial charge is 0.484 e. The minimum Gasteiger partial charge on any atom is -0.484 e. The van der Waals surface area contributed by atoms with Gasteiger partial charge in [-0.3, -0.25) is 9.59 Å². The van der Waals surface area contributed by atoms with Gasteiger partial charge < -0.3 is 15.0 Å². The summed E-state index contributed by atoms with van der Waals surface area (Å²) in [5.74, 6) is -0.0893. The second kappa shape index (κ2) is 13.9. The fraction of sp³-hybridized carbons (Fsp3) is 0.333. The Hall–Kier alpha value is -2.73. The predicted molar refractivity (Wildman–Crippen MR) is 153 cm³/mol. The van der Waals surface area contributed by atoms with Crippen LogP contribution in [-0.2, 0) is 22.6 Å². The lowest BCUT2D eigenvalue weighted by atomic mass is 9.94. The van der Waals surface area contributed by atoms with Gasteiger partial charge in [-0.15, -0.1) is 0 Å². The number of rotatable bonds is 10. The molecule has 200 valence electrons. The fourth-order valence-electron chi connectivity index (χ4n) is 4.74. The third kappa shape index (κ3) is 7.89. The molecule has 0 radical (unpaired) electrons. The van der Waals surface area contributed by atoms with Crippen LogP contribution in [0.1, 0.15) is 43.2 Å². The molecule has 1 fully saturated rings. The zero-order chi connectivity index (χ0) is 26.9. The van der Waals surface area contributed by atoms with E-state index < -0.39 is 6.04 Å². The van der Waals surface area contributed by atoms with E-state index >= 15 is 0 Å². The van der Waals surface area contributed by atoms with Crippen molar-refractivity contribution in [1.29, 1.82) is 0 Å². The van der Waals surface area contributed by atoms with Crippen molar-refractivity contribution >= 4 is 46.6 Å². The average Bonchev–Trinajstić information content (AvgIpc) is 2.92. The van der Waals surface area contributed by atoms with E-state index in [0.29, 0.717) is 32.8 Å². The molecule has 0 heterocycles. The monoisotopic (exact) mass is 572 g/mol. The van der Waals surface area contributed by atoms with Crippen LogP contribution in [0.5, 0.6) is 5.75 Å². The van der Waals surface area contributed by atoms with Crippen LogP contribution in [0.4, 0.5) is 0 Å². The number of nitrogens with zero attached hydrogens (tertiary/aromatic N) is 1. The van der Waals surface area contributed by atoms with Crippen LogP contribution in [-0.4, -0.2) is 35.4 Å². The highest BCUT2D eigenvalue weighted by Gasteiger charge is 2.33. The van der Waals surface area contributed by atoms with Gasteiger partial charge in [0, 0.05) is 39.6 Å². The van der Waals surface area contributed by atoms with E-state index in [2.05, 4.69) is 5.32 Å². The van der Waals surface area contributed by atoms with Gasteiger partial charge in [0.1, 0.15) is 11.8 Å². The smallest absolute Gasteiger partial charge is 0.261 e. The van der Waals surface area contributed by atoms with E-state index in [9.17, 15) is 9.59 Å². The Labute approximate surface area is 239 Å². The average molecular weight is 574 g/mol.